The lowest BCUT2D eigenvalue weighted by molar-refractivity contribution is -0.122. The van der Waals surface area contributed by atoms with E-state index in [1.165, 1.54) is 16.4 Å². The zero-order chi connectivity index (χ0) is 25.2. The van der Waals surface area contributed by atoms with Crippen molar-refractivity contribution in [2.75, 3.05) is 29.9 Å². The summed E-state index contributed by atoms with van der Waals surface area (Å²) in [5.41, 5.74) is 2.14. The molecular formula is C26H33N3O5S. The SMILES string of the molecule is Cc1ccc(N2CC(C(=O)Nc3cc(S(=O)(=O)N4CCCCC4)ccc3OC(C)C)CC2=O)cc1. The number of benzene rings is 2. The first-order valence-corrected chi connectivity index (χ1v) is 13.6. The lowest BCUT2D eigenvalue weighted by Gasteiger charge is -2.26. The van der Waals surface area contributed by atoms with Gasteiger partial charge >= 0.3 is 0 Å². The van der Waals surface area contributed by atoms with Crippen molar-refractivity contribution in [3.05, 3.63) is 48.0 Å². The Morgan fingerprint density at radius 2 is 1.74 bits per heavy atom. The quantitative estimate of drug-likeness (QED) is 0.622. The summed E-state index contributed by atoms with van der Waals surface area (Å²) in [7, 11) is -3.68. The molecule has 0 saturated carbocycles. The van der Waals surface area contributed by atoms with Crippen molar-refractivity contribution < 1.29 is 22.7 Å². The standard InChI is InChI=1S/C26H33N3O5S/c1-18(2)34-24-12-11-22(35(32,33)28-13-5-4-6-14-28)16-23(24)27-26(31)20-15-25(30)29(17-20)21-9-7-19(3)8-10-21/h7-12,16,18,20H,4-6,13-15,17H2,1-3H3,(H,27,31). The van der Waals surface area contributed by atoms with E-state index >= 15 is 0 Å². The van der Waals surface area contributed by atoms with Gasteiger partial charge < -0.3 is 15.0 Å². The highest BCUT2D eigenvalue weighted by atomic mass is 32.2. The minimum Gasteiger partial charge on any atom is -0.489 e. The van der Waals surface area contributed by atoms with Crippen LogP contribution in [0, 0.1) is 12.8 Å². The highest BCUT2D eigenvalue weighted by molar-refractivity contribution is 7.89. The number of hydrogen-bond acceptors (Lipinski definition) is 5. The Morgan fingerprint density at radius 1 is 1.06 bits per heavy atom. The number of nitrogens with one attached hydrogen (secondary N) is 1. The summed E-state index contributed by atoms with van der Waals surface area (Å²) in [4.78, 5) is 27.6. The third kappa shape index (κ3) is 5.67. The van der Waals surface area contributed by atoms with Crippen LogP contribution < -0.4 is 15.0 Å². The van der Waals surface area contributed by atoms with E-state index in [9.17, 15) is 18.0 Å². The Morgan fingerprint density at radius 3 is 2.40 bits per heavy atom. The van der Waals surface area contributed by atoms with Gasteiger partial charge in [0.05, 0.1) is 22.6 Å². The Labute approximate surface area is 207 Å². The van der Waals surface area contributed by atoms with Crippen LogP contribution in [0.15, 0.2) is 47.4 Å². The molecule has 1 unspecified atom stereocenters. The number of piperidine rings is 1. The molecule has 9 heteroatoms. The van der Waals surface area contributed by atoms with Gasteiger partial charge in [-0.15, -0.1) is 0 Å². The number of anilines is 2. The molecular weight excluding hydrogens is 466 g/mol. The topological polar surface area (TPSA) is 96.0 Å². The van der Waals surface area contributed by atoms with Gasteiger partial charge in [-0.25, -0.2) is 8.42 Å². The molecule has 2 fully saturated rings. The lowest BCUT2D eigenvalue weighted by Crippen LogP contribution is -2.35. The van der Waals surface area contributed by atoms with E-state index in [0.29, 0.717) is 24.5 Å². The van der Waals surface area contributed by atoms with Crippen molar-refractivity contribution in [1.29, 1.82) is 0 Å². The Bertz CT molecular complexity index is 1190. The monoisotopic (exact) mass is 499 g/mol. The third-order valence-electron chi connectivity index (χ3n) is 6.37. The summed E-state index contributed by atoms with van der Waals surface area (Å²) >= 11 is 0. The smallest absolute Gasteiger partial charge is 0.243 e. The van der Waals surface area contributed by atoms with E-state index in [2.05, 4.69) is 5.32 Å². The number of rotatable bonds is 7. The summed E-state index contributed by atoms with van der Waals surface area (Å²) < 4.78 is 33.7. The summed E-state index contributed by atoms with van der Waals surface area (Å²) in [5, 5.41) is 2.85. The number of carbonyl (C=O) groups excluding carboxylic acids is 2. The number of ether oxygens (including phenoxy) is 1. The molecule has 2 aliphatic heterocycles. The van der Waals surface area contributed by atoms with Gasteiger partial charge in [-0.1, -0.05) is 24.1 Å². The van der Waals surface area contributed by atoms with Gasteiger partial charge in [-0.2, -0.15) is 4.31 Å². The molecule has 0 bridgehead atoms. The van der Waals surface area contributed by atoms with E-state index in [0.717, 1.165) is 30.5 Å². The Kier molecular flexibility index (Phi) is 7.47. The lowest BCUT2D eigenvalue weighted by atomic mass is 10.1. The van der Waals surface area contributed by atoms with Crippen molar-refractivity contribution in [2.24, 2.45) is 5.92 Å². The van der Waals surface area contributed by atoms with Crippen LogP contribution >= 0.6 is 0 Å². The molecule has 0 aromatic heterocycles. The molecule has 0 radical (unpaired) electrons. The molecule has 2 aliphatic rings. The maximum absolute atomic E-state index is 13.2. The molecule has 2 amide bonds. The second-order valence-electron chi connectivity index (χ2n) is 9.52. The number of nitrogens with zero attached hydrogens (tertiary/aromatic N) is 2. The predicted molar refractivity (Wildman–Crippen MR) is 135 cm³/mol. The Balaban J connectivity index is 1.55. The first-order chi connectivity index (χ1) is 16.6. The van der Waals surface area contributed by atoms with Crippen LogP contribution in [0.4, 0.5) is 11.4 Å². The van der Waals surface area contributed by atoms with E-state index in [1.54, 1.807) is 11.0 Å². The van der Waals surface area contributed by atoms with Crippen LogP contribution in [0.1, 0.15) is 45.1 Å². The number of aryl methyl sites for hydroxylation is 1. The van der Waals surface area contributed by atoms with Gasteiger partial charge in [0.1, 0.15) is 5.75 Å². The molecule has 2 saturated heterocycles. The summed E-state index contributed by atoms with van der Waals surface area (Å²) in [6.07, 6.45) is 2.62. The third-order valence-corrected chi connectivity index (χ3v) is 8.26. The van der Waals surface area contributed by atoms with E-state index in [1.807, 2.05) is 45.0 Å². The number of sulfonamides is 1. The molecule has 0 aliphatic carbocycles. The van der Waals surface area contributed by atoms with Crippen LogP contribution in [0.3, 0.4) is 0 Å². The molecule has 2 aromatic rings. The molecule has 1 N–H and O–H groups in total. The van der Waals surface area contributed by atoms with Gasteiger partial charge in [0.15, 0.2) is 0 Å². The first kappa shape index (κ1) is 25.2. The largest absolute Gasteiger partial charge is 0.489 e. The summed E-state index contributed by atoms with van der Waals surface area (Å²) in [6.45, 7) is 6.95. The van der Waals surface area contributed by atoms with Crippen molar-refractivity contribution in [2.45, 2.75) is 57.5 Å². The predicted octanol–water partition coefficient (Wildman–Crippen LogP) is 3.95. The molecule has 188 valence electrons. The first-order valence-electron chi connectivity index (χ1n) is 12.1. The molecule has 1 atom stereocenters. The van der Waals surface area contributed by atoms with E-state index < -0.39 is 15.9 Å². The van der Waals surface area contributed by atoms with E-state index in [4.69, 9.17) is 4.74 Å². The highest BCUT2D eigenvalue weighted by Gasteiger charge is 2.36. The van der Waals surface area contributed by atoms with Crippen molar-refractivity contribution in [1.82, 2.24) is 4.31 Å². The van der Waals surface area contributed by atoms with Crippen LogP contribution in [-0.4, -0.2) is 50.3 Å². The normalized spacial score (nSPS) is 19.3. The number of carbonyl (C=O) groups is 2. The van der Waals surface area contributed by atoms with Crippen LogP contribution in [-0.2, 0) is 19.6 Å². The zero-order valence-corrected chi connectivity index (χ0v) is 21.3. The maximum Gasteiger partial charge on any atom is 0.243 e. The zero-order valence-electron chi connectivity index (χ0n) is 20.5. The molecule has 4 rings (SSSR count). The molecule has 8 nitrogen and oxygen atoms in total. The van der Waals surface area contributed by atoms with E-state index in [-0.39, 0.29) is 35.8 Å². The number of hydrogen-bond donors (Lipinski definition) is 1. The fourth-order valence-corrected chi connectivity index (χ4v) is 6.01. The van der Waals surface area contributed by atoms with Crippen molar-refractivity contribution in [3.63, 3.8) is 0 Å². The minimum absolute atomic E-state index is 0.0891. The van der Waals surface area contributed by atoms with Gasteiger partial charge in [0.25, 0.3) is 0 Å². The highest BCUT2D eigenvalue weighted by Crippen LogP contribution is 2.33. The fourth-order valence-electron chi connectivity index (χ4n) is 4.47. The van der Waals surface area contributed by atoms with Crippen LogP contribution in [0.5, 0.6) is 5.75 Å². The fraction of sp³-hybridized carbons (Fsp3) is 0.462. The Hall–Kier alpha value is -2.91. The maximum atomic E-state index is 13.2. The minimum atomic E-state index is -3.68. The van der Waals surface area contributed by atoms with Crippen LogP contribution in [0.25, 0.3) is 0 Å². The second kappa shape index (κ2) is 10.4. The molecule has 35 heavy (non-hydrogen) atoms. The average Bonchev–Trinajstić information content (AvgIpc) is 3.22. The van der Waals surface area contributed by atoms with Gasteiger partial charge in [-0.3, -0.25) is 9.59 Å². The van der Waals surface area contributed by atoms with Gasteiger partial charge in [0, 0.05) is 31.7 Å². The van der Waals surface area contributed by atoms with Crippen LogP contribution in [0.2, 0.25) is 0 Å². The molecule has 2 aromatic carbocycles. The molecule has 0 spiro atoms. The number of amides is 2. The van der Waals surface area contributed by atoms with Crippen molar-refractivity contribution >= 4 is 33.2 Å². The average molecular weight is 500 g/mol. The van der Waals surface area contributed by atoms with Gasteiger partial charge in [0.2, 0.25) is 21.8 Å². The van der Waals surface area contributed by atoms with Gasteiger partial charge in [-0.05, 0) is 63.9 Å². The summed E-state index contributed by atoms with van der Waals surface area (Å²) in [5.74, 6) is -0.619. The summed E-state index contributed by atoms with van der Waals surface area (Å²) in [6, 6.07) is 12.2. The van der Waals surface area contributed by atoms with Crippen molar-refractivity contribution in [3.8, 4) is 5.75 Å². The second-order valence-corrected chi connectivity index (χ2v) is 11.5. The molecule has 2 heterocycles.